The first-order valence-electron chi connectivity index (χ1n) is 3.38. The van der Waals surface area contributed by atoms with Gasteiger partial charge in [-0.2, -0.15) is 0 Å². The topological polar surface area (TPSA) is 85.8 Å². The first-order valence-corrected chi connectivity index (χ1v) is 6.19. The van der Waals surface area contributed by atoms with E-state index in [-0.39, 0.29) is 16.7 Å². The number of amidine groups is 1. The third kappa shape index (κ3) is 2.86. The van der Waals surface area contributed by atoms with Crippen molar-refractivity contribution in [3.8, 4) is 0 Å². The Morgan fingerprint density at radius 1 is 1.75 bits per heavy atom. The lowest BCUT2D eigenvalue weighted by molar-refractivity contribution is -0.110. The minimum absolute atomic E-state index is 0.160. The van der Waals surface area contributed by atoms with Crippen molar-refractivity contribution < 1.29 is 13.8 Å². The van der Waals surface area contributed by atoms with Gasteiger partial charge in [-0.25, -0.2) is 8.42 Å². The standard InChI is InChI=1S/C6H10N2O2S2/c7-6(8)11-3-5-1-2-12(9,10)4-5/h1H,2-4H2,(H3,7,8)/p+1. The number of rotatable bonds is 2. The normalized spacial score (nSPS) is 20.5. The van der Waals surface area contributed by atoms with Crippen molar-refractivity contribution >= 4 is 26.8 Å². The van der Waals surface area contributed by atoms with E-state index in [1.165, 1.54) is 11.8 Å². The zero-order valence-electron chi connectivity index (χ0n) is 6.49. The van der Waals surface area contributed by atoms with Gasteiger partial charge in [0.15, 0.2) is 9.84 Å². The Morgan fingerprint density at radius 2 is 2.42 bits per heavy atom. The Hall–Kier alpha value is -0.490. The van der Waals surface area contributed by atoms with Gasteiger partial charge in [0.05, 0.1) is 11.5 Å². The summed E-state index contributed by atoms with van der Waals surface area (Å²) in [7, 11) is -2.84. The van der Waals surface area contributed by atoms with Gasteiger partial charge in [0.25, 0.3) is 5.17 Å². The summed E-state index contributed by atoms with van der Waals surface area (Å²) in [6.07, 6.45) is 1.73. The van der Waals surface area contributed by atoms with Gasteiger partial charge in [-0.1, -0.05) is 6.08 Å². The predicted molar refractivity (Wildman–Crippen MR) is 50.3 cm³/mol. The summed E-state index contributed by atoms with van der Waals surface area (Å²) in [5.41, 5.74) is 6.12. The molecular formula is C6H11N2O2S2+. The van der Waals surface area contributed by atoms with E-state index < -0.39 is 9.84 Å². The van der Waals surface area contributed by atoms with Gasteiger partial charge < -0.3 is 0 Å². The van der Waals surface area contributed by atoms with Crippen LogP contribution < -0.4 is 11.1 Å². The highest BCUT2D eigenvalue weighted by Gasteiger charge is 2.19. The SMILES string of the molecule is NC(=[NH2+])SCC1=CCS(=O)(=O)C1. The van der Waals surface area contributed by atoms with E-state index >= 15 is 0 Å². The first kappa shape index (κ1) is 9.60. The molecule has 68 valence electrons. The average Bonchev–Trinajstić information content (AvgIpc) is 2.26. The summed E-state index contributed by atoms with van der Waals surface area (Å²) in [4.78, 5) is 0. The number of hydrogen-bond donors (Lipinski definition) is 2. The maximum atomic E-state index is 11.0. The molecule has 1 heterocycles. The molecule has 6 heteroatoms. The van der Waals surface area contributed by atoms with Gasteiger partial charge in [-0.3, -0.25) is 11.1 Å². The average molecular weight is 207 g/mol. The van der Waals surface area contributed by atoms with Gasteiger partial charge >= 0.3 is 0 Å². The van der Waals surface area contributed by atoms with Gasteiger partial charge in [-0.05, 0) is 17.3 Å². The zero-order chi connectivity index (χ0) is 9.19. The molecule has 4 nitrogen and oxygen atoms in total. The smallest absolute Gasteiger partial charge is 0.282 e. The van der Waals surface area contributed by atoms with E-state index in [1.807, 2.05) is 0 Å². The summed E-state index contributed by atoms with van der Waals surface area (Å²) < 4.78 is 21.9. The molecule has 0 atom stereocenters. The van der Waals surface area contributed by atoms with E-state index in [0.29, 0.717) is 5.75 Å². The molecule has 0 saturated heterocycles. The van der Waals surface area contributed by atoms with Crippen LogP contribution in [0.2, 0.25) is 0 Å². The van der Waals surface area contributed by atoms with Crippen LogP contribution in [-0.4, -0.2) is 30.8 Å². The number of sulfone groups is 1. The third-order valence-electron chi connectivity index (χ3n) is 1.46. The van der Waals surface area contributed by atoms with Crippen LogP contribution >= 0.6 is 11.8 Å². The van der Waals surface area contributed by atoms with E-state index in [0.717, 1.165) is 5.57 Å². The molecule has 0 radical (unpaired) electrons. The van der Waals surface area contributed by atoms with Crippen LogP contribution in [0.1, 0.15) is 0 Å². The third-order valence-corrected chi connectivity index (χ3v) is 3.79. The molecule has 1 aliphatic rings. The van der Waals surface area contributed by atoms with Gasteiger partial charge in [-0.15, -0.1) is 0 Å². The molecule has 1 aliphatic heterocycles. The Kier molecular flexibility index (Phi) is 2.79. The van der Waals surface area contributed by atoms with Crippen LogP contribution in [0.25, 0.3) is 0 Å². The van der Waals surface area contributed by atoms with Crippen LogP contribution in [0.3, 0.4) is 0 Å². The molecule has 1 rings (SSSR count). The Labute approximate surface area is 75.6 Å². The van der Waals surface area contributed by atoms with Crippen LogP contribution in [0.15, 0.2) is 11.6 Å². The molecule has 0 aromatic rings. The maximum absolute atomic E-state index is 11.0. The molecular weight excluding hydrogens is 196 g/mol. The molecule has 0 aromatic heterocycles. The second kappa shape index (κ2) is 3.49. The highest BCUT2D eigenvalue weighted by molar-refractivity contribution is 8.13. The van der Waals surface area contributed by atoms with Crippen molar-refractivity contribution in [3.63, 3.8) is 0 Å². The van der Waals surface area contributed by atoms with Gasteiger partial charge in [0, 0.05) is 5.75 Å². The Bertz CT molecular complexity index is 318. The summed E-state index contributed by atoms with van der Waals surface area (Å²) >= 11 is 1.27. The molecule has 0 aromatic carbocycles. The zero-order valence-corrected chi connectivity index (χ0v) is 8.12. The second-order valence-electron chi connectivity index (χ2n) is 2.61. The maximum Gasteiger partial charge on any atom is 0.300 e. The molecule has 0 unspecified atom stereocenters. The van der Waals surface area contributed by atoms with Gasteiger partial charge in [0.1, 0.15) is 0 Å². The predicted octanol–water partition coefficient (Wildman–Crippen LogP) is -1.85. The highest BCUT2D eigenvalue weighted by atomic mass is 32.2. The van der Waals surface area contributed by atoms with Crippen LogP contribution in [0, 0.1) is 0 Å². The van der Waals surface area contributed by atoms with Gasteiger partial charge in [0.2, 0.25) is 0 Å². The van der Waals surface area contributed by atoms with E-state index in [4.69, 9.17) is 11.1 Å². The number of hydrogen-bond acceptors (Lipinski definition) is 3. The quantitative estimate of drug-likeness (QED) is 0.316. The molecule has 0 fully saturated rings. The lowest BCUT2D eigenvalue weighted by atomic mass is 10.3. The van der Waals surface area contributed by atoms with Crippen molar-refractivity contribution in [3.05, 3.63) is 11.6 Å². The molecule has 0 amide bonds. The monoisotopic (exact) mass is 207 g/mol. The largest absolute Gasteiger partial charge is 0.300 e. The second-order valence-corrected chi connectivity index (χ2v) is 5.77. The van der Waals surface area contributed by atoms with E-state index in [9.17, 15) is 8.42 Å². The lowest BCUT2D eigenvalue weighted by Crippen LogP contribution is -2.43. The van der Waals surface area contributed by atoms with Crippen molar-refractivity contribution in [1.29, 1.82) is 0 Å². The number of nitrogens with two attached hydrogens (primary N) is 2. The molecule has 0 saturated carbocycles. The van der Waals surface area contributed by atoms with Crippen molar-refractivity contribution in [2.24, 2.45) is 5.73 Å². The molecule has 0 spiro atoms. The van der Waals surface area contributed by atoms with E-state index in [2.05, 4.69) is 0 Å². The fourth-order valence-electron chi connectivity index (χ4n) is 0.922. The molecule has 12 heavy (non-hydrogen) atoms. The Balaban J connectivity index is 2.43. The Morgan fingerprint density at radius 3 is 2.83 bits per heavy atom. The number of thioether (sulfide) groups is 1. The first-order chi connectivity index (χ1) is 5.49. The van der Waals surface area contributed by atoms with Crippen LogP contribution in [0.5, 0.6) is 0 Å². The summed E-state index contributed by atoms with van der Waals surface area (Å²) in [5.74, 6) is 0.905. The van der Waals surface area contributed by atoms with Crippen LogP contribution in [0.4, 0.5) is 0 Å². The highest BCUT2D eigenvalue weighted by Crippen LogP contribution is 2.15. The minimum atomic E-state index is -2.84. The fourth-order valence-corrected chi connectivity index (χ4v) is 3.02. The summed E-state index contributed by atoms with van der Waals surface area (Å²) in [6, 6.07) is 0. The van der Waals surface area contributed by atoms with Crippen molar-refractivity contribution in [1.82, 2.24) is 0 Å². The lowest BCUT2D eigenvalue weighted by Gasteiger charge is -1.95. The molecule has 0 bridgehead atoms. The fraction of sp³-hybridized carbons (Fsp3) is 0.500. The molecule has 0 aliphatic carbocycles. The molecule has 4 N–H and O–H groups in total. The van der Waals surface area contributed by atoms with E-state index in [1.54, 1.807) is 6.08 Å². The van der Waals surface area contributed by atoms with Crippen LogP contribution in [-0.2, 0) is 9.84 Å². The summed E-state index contributed by atoms with van der Waals surface area (Å²) in [5, 5.41) is 5.50. The van der Waals surface area contributed by atoms with Crippen molar-refractivity contribution in [2.75, 3.05) is 17.3 Å². The minimum Gasteiger partial charge on any atom is -0.282 e. The summed E-state index contributed by atoms with van der Waals surface area (Å²) in [6.45, 7) is 0. The van der Waals surface area contributed by atoms with Crippen molar-refractivity contribution in [2.45, 2.75) is 0 Å².